The number of carbonyl (C=O) groups is 2. The molecule has 2 fully saturated rings. The molecule has 0 radical (unpaired) electrons. The van der Waals surface area contributed by atoms with E-state index in [1.807, 2.05) is 6.92 Å². The molecule has 2 aliphatic rings. The molecule has 136 valence electrons. The highest BCUT2D eigenvalue weighted by Gasteiger charge is 2.49. The van der Waals surface area contributed by atoms with Crippen molar-refractivity contribution in [2.24, 2.45) is 5.41 Å². The highest BCUT2D eigenvalue weighted by Crippen LogP contribution is 2.40. The Morgan fingerprint density at radius 3 is 2.80 bits per heavy atom. The first kappa shape index (κ1) is 17.8. The molecule has 1 aromatic rings. The largest absolute Gasteiger partial charge is 0.342 e. The van der Waals surface area contributed by atoms with Crippen molar-refractivity contribution >= 4 is 11.8 Å². The van der Waals surface area contributed by atoms with Crippen molar-refractivity contribution in [2.75, 3.05) is 19.6 Å². The number of hydrogen-bond acceptors (Lipinski definition) is 2. The van der Waals surface area contributed by atoms with Crippen molar-refractivity contribution < 1.29 is 18.4 Å². The zero-order valence-corrected chi connectivity index (χ0v) is 14.6. The third kappa shape index (κ3) is 3.39. The van der Waals surface area contributed by atoms with E-state index in [1.54, 1.807) is 9.80 Å². The first-order valence-electron chi connectivity index (χ1n) is 8.97. The number of halogens is 2. The van der Waals surface area contributed by atoms with Crippen molar-refractivity contribution in [2.45, 2.75) is 45.6 Å². The third-order valence-electron chi connectivity index (χ3n) is 5.39. The van der Waals surface area contributed by atoms with Crippen molar-refractivity contribution in [3.05, 3.63) is 35.4 Å². The average Bonchev–Trinajstić information content (AvgIpc) is 3.02. The molecule has 0 unspecified atom stereocenters. The van der Waals surface area contributed by atoms with Crippen LogP contribution in [0.5, 0.6) is 0 Å². The van der Waals surface area contributed by atoms with Gasteiger partial charge in [-0.2, -0.15) is 0 Å². The molecule has 2 saturated heterocycles. The second-order valence-corrected chi connectivity index (χ2v) is 7.14. The van der Waals surface area contributed by atoms with Gasteiger partial charge in [0.05, 0.1) is 5.41 Å². The van der Waals surface area contributed by atoms with Crippen molar-refractivity contribution in [3.63, 3.8) is 0 Å². The monoisotopic (exact) mass is 350 g/mol. The summed E-state index contributed by atoms with van der Waals surface area (Å²) in [5, 5.41) is 0. The molecule has 1 atom stereocenters. The maximum absolute atomic E-state index is 13.9. The molecule has 4 nitrogen and oxygen atoms in total. The van der Waals surface area contributed by atoms with Crippen LogP contribution in [-0.2, 0) is 16.1 Å². The Bertz CT molecular complexity index is 679. The van der Waals surface area contributed by atoms with Gasteiger partial charge in [0.2, 0.25) is 11.8 Å². The Morgan fingerprint density at radius 2 is 2.04 bits per heavy atom. The minimum atomic E-state index is -0.895. The summed E-state index contributed by atoms with van der Waals surface area (Å²) in [5.74, 6) is -1.72. The molecule has 3 rings (SSSR count). The van der Waals surface area contributed by atoms with Crippen LogP contribution in [0.2, 0.25) is 0 Å². The zero-order valence-electron chi connectivity index (χ0n) is 14.6. The SMILES string of the molecule is CCCC(=O)N1CC[C@@]2(CCCN(Cc3cccc(F)c3F)C2=O)C1. The van der Waals surface area contributed by atoms with Crippen molar-refractivity contribution in [1.82, 2.24) is 9.80 Å². The van der Waals surface area contributed by atoms with Gasteiger partial charge in [-0.3, -0.25) is 9.59 Å². The number of nitrogens with zero attached hydrogens (tertiary/aromatic N) is 2. The summed E-state index contributed by atoms with van der Waals surface area (Å²) in [6.45, 7) is 3.64. The van der Waals surface area contributed by atoms with Crippen LogP contribution < -0.4 is 0 Å². The molecule has 0 bridgehead atoms. The number of benzene rings is 1. The minimum Gasteiger partial charge on any atom is -0.342 e. The van der Waals surface area contributed by atoms with Gasteiger partial charge in [0.1, 0.15) is 0 Å². The van der Waals surface area contributed by atoms with Gasteiger partial charge in [0.25, 0.3) is 0 Å². The van der Waals surface area contributed by atoms with Gasteiger partial charge >= 0.3 is 0 Å². The summed E-state index contributed by atoms with van der Waals surface area (Å²) in [4.78, 5) is 28.6. The van der Waals surface area contributed by atoms with E-state index >= 15 is 0 Å². The Labute approximate surface area is 146 Å². The normalized spacial score (nSPS) is 23.6. The number of likely N-dealkylation sites (tertiary alicyclic amines) is 2. The first-order valence-corrected chi connectivity index (χ1v) is 8.97. The number of rotatable bonds is 4. The summed E-state index contributed by atoms with van der Waals surface area (Å²) >= 11 is 0. The lowest BCUT2D eigenvalue weighted by molar-refractivity contribution is -0.146. The fourth-order valence-corrected chi connectivity index (χ4v) is 4.02. The summed E-state index contributed by atoms with van der Waals surface area (Å²) in [6, 6.07) is 4.05. The van der Waals surface area contributed by atoms with Crippen LogP contribution in [0, 0.1) is 17.0 Å². The van der Waals surface area contributed by atoms with Crippen molar-refractivity contribution in [3.8, 4) is 0 Å². The lowest BCUT2D eigenvalue weighted by Gasteiger charge is -2.39. The molecule has 2 amide bonds. The van der Waals surface area contributed by atoms with Crippen LogP contribution in [0.15, 0.2) is 18.2 Å². The molecule has 0 N–H and O–H groups in total. The van der Waals surface area contributed by atoms with E-state index in [0.29, 0.717) is 32.5 Å². The van der Waals surface area contributed by atoms with E-state index in [0.717, 1.165) is 25.3 Å². The van der Waals surface area contributed by atoms with E-state index in [-0.39, 0.29) is 23.9 Å². The molecule has 1 spiro atoms. The topological polar surface area (TPSA) is 40.6 Å². The maximum Gasteiger partial charge on any atom is 0.230 e. The predicted molar refractivity (Wildman–Crippen MR) is 89.5 cm³/mol. The summed E-state index contributed by atoms with van der Waals surface area (Å²) in [6.07, 6.45) is 3.52. The summed E-state index contributed by atoms with van der Waals surface area (Å²) < 4.78 is 27.4. The summed E-state index contributed by atoms with van der Waals surface area (Å²) in [7, 11) is 0. The molecule has 0 aromatic heterocycles. The molecule has 0 aliphatic carbocycles. The van der Waals surface area contributed by atoms with Crippen molar-refractivity contribution in [1.29, 1.82) is 0 Å². The lowest BCUT2D eigenvalue weighted by atomic mass is 9.78. The molecular formula is C19H24F2N2O2. The predicted octanol–water partition coefficient (Wildman–Crippen LogP) is 3.11. The highest BCUT2D eigenvalue weighted by atomic mass is 19.2. The van der Waals surface area contributed by atoms with Crippen LogP contribution in [0.25, 0.3) is 0 Å². The Balaban J connectivity index is 1.73. The van der Waals surface area contributed by atoms with Gasteiger partial charge < -0.3 is 9.80 Å². The Morgan fingerprint density at radius 1 is 1.24 bits per heavy atom. The molecule has 6 heteroatoms. The fourth-order valence-electron chi connectivity index (χ4n) is 4.02. The van der Waals surface area contributed by atoms with Gasteiger partial charge in [-0.25, -0.2) is 8.78 Å². The van der Waals surface area contributed by atoms with E-state index in [9.17, 15) is 18.4 Å². The van der Waals surface area contributed by atoms with Crippen LogP contribution in [-0.4, -0.2) is 41.2 Å². The van der Waals surface area contributed by atoms with E-state index < -0.39 is 17.0 Å². The second-order valence-electron chi connectivity index (χ2n) is 7.14. The number of carbonyl (C=O) groups excluding carboxylic acids is 2. The molecule has 25 heavy (non-hydrogen) atoms. The van der Waals surface area contributed by atoms with E-state index in [4.69, 9.17) is 0 Å². The smallest absolute Gasteiger partial charge is 0.230 e. The van der Waals surface area contributed by atoms with Gasteiger partial charge in [-0.05, 0) is 31.7 Å². The van der Waals surface area contributed by atoms with Gasteiger partial charge in [0, 0.05) is 38.2 Å². The molecule has 0 saturated carbocycles. The van der Waals surface area contributed by atoms with Gasteiger partial charge in [-0.1, -0.05) is 19.1 Å². The standard InChI is InChI=1S/C19H24F2N2O2/c1-2-5-16(24)23-11-9-19(13-23)8-4-10-22(18(19)25)12-14-6-3-7-15(20)17(14)21/h3,6-7H,2,4-5,8-13H2,1H3/t19-/m0/s1. The molecular weight excluding hydrogens is 326 g/mol. The number of amides is 2. The maximum atomic E-state index is 13.9. The zero-order chi connectivity index (χ0) is 18.0. The lowest BCUT2D eigenvalue weighted by Crippen LogP contribution is -2.50. The van der Waals surface area contributed by atoms with Gasteiger partial charge in [0.15, 0.2) is 11.6 Å². The highest BCUT2D eigenvalue weighted by molar-refractivity contribution is 5.86. The van der Waals surface area contributed by atoms with Crippen LogP contribution in [0.3, 0.4) is 0 Å². The average molecular weight is 350 g/mol. The molecule has 1 aromatic carbocycles. The third-order valence-corrected chi connectivity index (χ3v) is 5.39. The van der Waals surface area contributed by atoms with Crippen LogP contribution in [0.4, 0.5) is 8.78 Å². The second kappa shape index (κ2) is 7.10. The number of hydrogen-bond donors (Lipinski definition) is 0. The fraction of sp³-hybridized carbons (Fsp3) is 0.579. The minimum absolute atomic E-state index is 0.0331. The molecule has 2 aliphatic heterocycles. The van der Waals surface area contributed by atoms with E-state index in [1.165, 1.54) is 12.1 Å². The summed E-state index contributed by atoms with van der Waals surface area (Å²) in [5.41, 5.74) is -0.354. The van der Waals surface area contributed by atoms with Gasteiger partial charge in [-0.15, -0.1) is 0 Å². The molecule has 2 heterocycles. The van der Waals surface area contributed by atoms with E-state index in [2.05, 4.69) is 0 Å². The van der Waals surface area contributed by atoms with Crippen LogP contribution >= 0.6 is 0 Å². The Kier molecular flexibility index (Phi) is 5.06. The first-order chi connectivity index (χ1) is 12.0. The Hall–Kier alpha value is -1.98. The number of piperidine rings is 1. The quantitative estimate of drug-likeness (QED) is 0.837. The van der Waals surface area contributed by atoms with Crippen LogP contribution in [0.1, 0.15) is 44.6 Å².